The van der Waals surface area contributed by atoms with Crippen molar-refractivity contribution in [1.82, 2.24) is 9.47 Å². The normalized spacial score (nSPS) is 18.6. The van der Waals surface area contributed by atoms with Crippen LogP contribution in [-0.4, -0.2) is 35.6 Å². The fourth-order valence-corrected chi connectivity index (χ4v) is 4.63. The Morgan fingerprint density at radius 2 is 1.85 bits per heavy atom. The number of carbonyl (C=O) groups is 1. The first kappa shape index (κ1) is 18.1. The van der Waals surface area contributed by atoms with Gasteiger partial charge in [-0.25, -0.2) is 0 Å². The van der Waals surface area contributed by atoms with Gasteiger partial charge in [0.2, 0.25) is 0 Å². The second kappa shape index (κ2) is 8.20. The molecule has 27 heavy (non-hydrogen) atoms. The van der Waals surface area contributed by atoms with Crippen LogP contribution in [0.4, 0.5) is 0 Å². The lowest BCUT2D eigenvalue weighted by atomic mass is 9.89. The van der Waals surface area contributed by atoms with Gasteiger partial charge in [0.25, 0.3) is 5.91 Å². The summed E-state index contributed by atoms with van der Waals surface area (Å²) in [6.45, 7) is 2.58. The molecule has 0 radical (unpaired) electrons. The van der Waals surface area contributed by atoms with E-state index in [0.717, 1.165) is 54.7 Å². The van der Waals surface area contributed by atoms with Crippen molar-refractivity contribution in [3.8, 4) is 5.75 Å². The minimum atomic E-state index is 0.152. The number of aromatic nitrogens is 1. The van der Waals surface area contributed by atoms with Crippen LogP contribution >= 0.6 is 0 Å². The van der Waals surface area contributed by atoms with Gasteiger partial charge in [-0.05, 0) is 37.7 Å². The molecule has 1 aromatic heterocycles. The molecule has 144 valence electrons. The Kier molecular flexibility index (Phi) is 5.51. The van der Waals surface area contributed by atoms with Gasteiger partial charge >= 0.3 is 0 Å². The number of nitrogens with zero attached hydrogens (tertiary/aromatic N) is 2. The number of carbonyl (C=O) groups excluding carboxylic acids is 1. The highest BCUT2D eigenvalue weighted by atomic mass is 16.5. The molecule has 1 amide bonds. The predicted molar refractivity (Wildman–Crippen MR) is 109 cm³/mol. The number of methoxy groups -OCH3 is 1. The minimum Gasteiger partial charge on any atom is -0.495 e. The zero-order valence-electron chi connectivity index (χ0n) is 16.3. The first-order chi connectivity index (χ1) is 13.3. The number of hydrogen-bond donors (Lipinski definition) is 0. The number of amides is 1. The van der Waals surface area contributed by atoms with Crippen molar-refractivity contribution in [3.63, 3.8) is 0 Å². The first-order valence-corrected chi connectivity index (χ1v) is 10.4. The Balaban J connectivity index is 1.70. The van der Waals surface area contributed by atoms with Crippen molar-refractivity contribution >= 4 is 16.8 Å². The molecule has 2 aromatic rings. The van der Waals surface area contributed by atoms with Crippen molar-refractivity contribution in [2.24, 2.45) is 5.92 Å². The van der Waals surface area contributed by atoms with Crippen LogP contribution in [0.1, 0.15) is 55.3 Å². The molecule has 1 aromatic carbocycles. The van der Waals surface area contributed by atoms with Crippen LogP contribution in [-0.2, 0) is 6.54 Å². The van der Waals surface area contributed by atoms with E-state index in [1.54, 1.807) is 7.11 Å². The van der Waals surface area contributed by atoms with E-state index in [9.17, 15) is 4.79 Å². The molecule has 0 atom stereocenters. The van der Waals surface area contributed by atoms with E-state index in [0.29, 0.717) is 5.92 Å². The van der Waals surface area contributed by atoms with E-state index in [-0.39, 0.29) is 5.91 Å². The van der Waals surface area contributed by atoms with Gasteiger partial charge in [-0.1, -0.05) is 43.5 Å². The fraction of sp³-hybridized carbons (Fsp3) is 0.522. The Hall–Kier alpha value is -2.23. The summed E-state index contributed by atoms with van der Waals surface area (Å²) in [5.74, 6) is 1.71. The van der Waals surface area contributed by atoms with Gasteiger partial charge in [-0.3, -0.25) is 4.79 Å². The summed E-state index contributed by atoms with van der Waals surface area (Å²) in [6.07, 6.45) is 14.9. The molecule has 4 nitrogen and oxygen atoms in total. The van der Waals surface area contributed by atoms with Crippen LogP contribution in [0.25, 0.3) is 10.9 Å². The number of fused-ring (bicyclic) bond motifs is 1. The van der Waals surface area contributed by atoms with Crippen molar-refractivity contribution in [1.29, 1.82) is 0 Å². The quantitative estimate of drug-likeness (QED) is 0.712. The van der Waals surface area contributed by atoms with E-state index in [4.69, 9.17) is 4.74 Å². The van der Waals surface area contributed by atoms with E-state index in [1.165, 1.54) is 32.1 Å². The summed E-state index contributed by atoms with van der Waals surface area (Å²) in [6, 6.07) is 6.06. The molecule has 2 heterocycles. The minimum absolute atomic E-state index is 0.152. The van der Waals surface area contributed by atoms with Crippen molar-refractivity contribution in [2.45, 2.75) is 51.5 Å². The Bertz CT molecular complexity index is 820. The zero-order valence-corrected chi connectivity index (χ0v) is 16.3. The molecule has 0 bridgehead atoms. The summed E-state index contributed by atoms with van der Waals surface area (Å²) >= 11 is 0. The lowest BCUT2D eigenvalue weighted by Crippen LogP contribution is -2.31. The maximum Gasteiger partial charge on any atom is 0.256 e. The maximum absolute atomic E-state index is 13.3. The monoisotopic (exact) mass is 366 g/mol. The molecule has 0 unspecified atom stereocenters. The van der Waals surface area contributed by atoms with Crippen molar-refractivity contribution in [3.05, 3.63) is 42.1 Å². The molecule has 4 heteroatoms. The molecule has 1 aliphatic heterocycles. The van der Waals surface area contributed by atoms with Gasteiger partial charge in [0, 0.05) is 31.2 Å². The van der Waals surface area contributed by atoms with E-state index < -0.39 is 0 Å². The van der Waals surface area contributed by atoms with E-state index in [1.807, 2.05) is 17.0 Å². The highest BCUT2D eigenvalue weighted by Crippen LogP contribution is 2.33. The molecule has 0 saturated heterocycles. The standard InChI is InChI=1S/C23H30N2O2/c1-27-21-13-9-12-19-20(23(26)24-14-7-2-3-8-15-24)17-25(22(19)21)16-18-10-5-4-6-11-18/h2-3,9,12-13,17-18H,4-8,10-11,14-16H2,1H3. The third-order valence-corrected chi connectivity index (χ3v) is 6.08. The fourth-order valence-electron chi connectivity index (χ4n) is 4.63. The third-order valence-electron chi connectivity index (χ3n) is 6.08. The van der Waals surface area contributed by atoms with Gasteiger partial charge < -0.3 is 14.2 Å². The van der Waals surface area contributed by atoms with E-state index >= 15 is 0 Å². The molecule has 0 spiro atoms. The number of para-hydroxylation sites is 1. The molecule has 1 saturated carbocycles. The van der Waals surface area contributed by atoms with Gasteiger partial charge in [-0.15, -0.1) is 0 Å². The third kappa shape index (κ3) is 3.76. The molecule has 0 N–H and O–H groups in total. The van der Waals surface area contributed by atoms with E-state index in [2.05, 4.69) is 29.0 Å². The van der Waals surface area contributed by atoms with Gasteiger partial charge in [0.05, 0.1) is 18.2 Å². The van der Waals surface area contributed by atoms with Crippen LogP contribution < -0.4 is 4.74 Å². The SMILES string of the molecule is COc1cccc2c(C(=O)N3CCC=CCC3)cn(CC3CCCCC3)c12. The summed E-state index contributed by atoms with van der Waals surface area (Å²) < 4.78 is 7.95. The maximum atomic E-state index is 13.3. The number of rotatable bonds is 4. The Labute approximate surface area is 161 Å². The lowest BCUT2D eigenvalue weighted by molar-refractivity contribution is 0.0765. The molecule has 1 fully saturated rings. The topological polar surface area (TPSA) is 34.5 Å². The van der Waals surface area contributed by atoms with Crippen LogP contribution in [0.5, 0.6) is 5.75 Å². The average molecular weight is 367 g/mol. The molecule has 2 aliphatic rings. The number of hydrogen-bond acceptors (Lipinski definition) is 2. The van der Waals surface area contributed by atoms with Crippen LogP contribution in [0.3, 0.4) is 0 Å². The van der Waals surface area contributed by atoms with Crippen LogP contribution in [0.2, 0.25) is 0 Å². The number of ether oxygens (including phenoxy) is 1. The predicted octanol–water partition coefficient (Wildman–Crippen LogP) is 5.02. The highest BCUT2D eigenvalue weighted by molar-refractivity contribution is 6.08. The van der Waals surface area contributed by atoms with Crippen LogP contribution in [0.15, 0.2) is 36.5 Å². The van der Waals surface area contributed by atoms with Gasteiger partial charge in [0.15, 0.2) is 0 Å². The largest absolute Gasteiger partial charge is 0.495 e. The molecular weight excluding hydrogens is 336 g/mol. The summed E-state index contributed by atoms with van der Waals surface area (Å²) in [7, 11) is 1.72. The summed E-state index contributed by atoms with van der Waals surface area (Å²) in [5.41, 5.74) is 1.89. The van der Waals surface area contributed by atoms with Crippen molar-refractivity contribution < 1.29 is 9.53 Å². The molecule has 1 aliphatic carbocycles. The second-order valence-corrected chi connectivity index (χ2v) is 7.90. The lowest BCUT2D eigenvalue weighted by Gasteiger charge is -2.22. The van der Waals surface area contributed by atoms with Gasteiger partial charge in [-0.2, -0.15) is 0 Å². The summed E-state index contributed by atoms with van der Waals surface area (Å²) in [4.78, 5) is 15.3. The molecule has 4 rings (SSSR count). The second-order valence-electron chi connectivity index (χ2n) is 7.90. The van der Waals surface area contributed by atoms with Gasteiger partial charge in [0.1, 0.15) is 5.75 Å². The first-order valence-electron chi connectivity index (χ1n) is 10.4. The Morgan fingerprint density at radius 3 is 2.56 bits per heavy atom. The zero-order chi connectivity index (χ0) is 18.6. The summed E-state index contributed by atoms with van der Waals surface area (Å²) in [5, 5.41) is 1.02. The van der Waals surface area contributed by atoms with Crippen LogP contribution in [0, 0.1) is 5.92 Å². The van der Waals surface area contributed by atoms with Crippen molar-refractivity contribution in [2.75, 3.05) is 20.2 Å². The molecular formula is C23H30N2O2. The Morgan fingerprint density at radius 1 is 1.11 bits per heavy atom. The smallest absolute Gasteiger partial charge is 0.256 e. The highest BCUT2D eigenvalue weighted by Gasteiger charge is 2.24. The number of benzene rings is 1. The average Bonchev–Trinajstić information content (AvgIpc) is 2.89.